The standard InChI is InChI=1S/C26H22N2O4/c1-26(2,3)16-10-12-21-19(14-16)27-23(32-21)15-9-11-17-18(13-15)25(30)28(24(17)29)20-7-5-6-8-22(20)31-4/h5-14H,1-4H3. The van der Waals surface area contributed by atoms with Gasteiger partial charge in [-0.05, 0) is 53.4 Å². The van der Waals surface area contributed by atoms with Crippen molar-refractivity contribution in [3.63, 3.8) is 0 Å². The number of methoxy groups -OCH3 is 1. The normalized spacial score (nSPS) is 13.7. The van der Waals surface area contributed by atoms with E-state index in [1.54, 1.807) is 42.5 Å². The highest BCUT2D eigenvalue weighted by Gasteiger charge is 2.38. The quantitative estimate of drug-likeness (QED) is 0.399. The second kappa shape index (κ2) is 7.05. The highest BCUT2D eigenvalue weighted by molar-refractivity contribution is 6.35. The second-order valence-electron chi connectivity index (χ2n) is 8.83. The van der Waals surface area contributed by atoms with Crippen molar-refractivity contribution in [1.82, 2.24) is 4.98 Å². The Morgan fingerprint density at radius 1 is 0.906 bits per heavy atom. The summed E-state index contributed by atoms with van der Waals surface area (Å²) in [5, 5.41) is 0. The van der Waals surface area contributed by atoms with Crippen LogP contribution in [0, 0.1) is 0 Å². The molecule has 2 heterocycles. The molecule has 0 saturated heterocycles. The number of benzene rings is 3. The molecular weight excluding hydrogens is 404 g/mol. The summed E-state index contributed by atoms with van der Waals surface area (Å²) in [4.78, 5) is 32.0. The fourth-order valence-corrected chi connectivity index (χ4v) is 3.92. The van der Waals surface area contributed by atoms with Gasteiger partial charge in [-0.25, -0.2) is 9.88 Å². The van der Waals surface area contributed by atoms with Crippen LogP contribution in [0.25, 0.3) is 22.6 Å². The number of imide groups is 1. The zero-order valence-electron chi connectivity index (χ0n) is 18.3. The second-order valence-corrected chi connectivity index (χ2v) is 8.83. The molecule has 160 valence electrons. The molecule has 5 rings (SSSR count). The Morgan fingerprint density at radius 3 is 2.41 bits per heavy atom. The van der Waals surface area contributed by atoms with Crippen LogP contribution >= 0.6 is 0 Å². The third-order valence-corrected chi connectivity index (χ3v) is 5.71. The van der Waals surface area contributed by atoms with Gasteiger partial charge in [-0.3, -0.25) is 9.59 Å². The molecule has 0 N–H and O–H groups in total. The molecule has 32 heavy (non-hydrogen) atoms. The lowest BCUT2D eigenvalue weighted by Crippen LogP contribution is -2.29. The van der Waals surface area contributed by atoms with E-state index in [1.807, 2.05) is 18.2 Å². The number of hydrogen-bond acceptors (Lipinski definition) is 5. The molecule has 1 aliphatic heterocycles. The van der Waals surface area contributed by atoms with Crippen LogP contribution < -0.4 is 9.64 Å². The van der Waals surface area contributed by atoms with Gasteiger partial charge in [-0.15, -0.1) is 0 Å². The molecule has 0 saturated carbocycles. The Bertz CT molecular complexity index is 1390. The Morgan fingerprint density at radius 2 is 1.66 bits per heavy atom. The molecule has 4 aromatic rings. The van der Waals surface area contributed by atoms with Crippen molar-refractivity contribution in [1.29, 1.82) is 0 Å². The van der Waals surface area contributed by atoms with Crippen LogP contribution in [0.5, 0.6) is 5.75 Å². The predicted octanol–water partition coefficient (Wildman–Crippen LogP) is 5.60. The Labute approximate surface area is 185 Å². The summed E-state index contributed by atoms with van der Waals surface area (Å²) in [6.07, 6.45) is 0. The van der Waals surface area contributed by atoms with Gasteiger partial charge in [0.05, 0.1) is 23.9 Å². The molecule has 0 bridgehead atoms. The van der Waals surface area contributed by atoms with Gasteiger partial charge in [0, 0.05) is 5.56 Å². The molecule has 0 spiro atoms. The molecule has 6 heteroatoms. The van der Waals surface area contributed by atoms with Gasteiger partial charge in [0.1, 0.15) is 11.3 Å². The van der Waals surface area contributed by atoms with Gasteiger partial charge in [-0.2, -0.15) is 0 Å². The van der Waals surface area contributed by atoms with Crippen molar-refractivity contribution in [3.8, 4) is 17.2 Å². The molecule has 2 amide bonds. The first-order chi connectivity index (χ1) is 15.3. The van der Waals surface area contributed by atoms with E-state index in [9.17, 15) is 9.59 Å². The fraction of sp³-hybridized carbons (Fsp3) is 0.192. The van der Waals surface area contributed by atoms with Crippen LogP contribution in [0.4, 0.5) is 5.69 Å². The first-order valence-corrected chi connectivity index (χ1v) is 10.4. The highest BCUT2D eigenvalue weighted by Crippen LogP contribution is 2.36. The summed E-state index contributed by atoms with van der Waals surface area (Å²) in [5.41, 5.74) is 4.30. The van der Waals surface area contributed by atoms with Crippen molar-refractivity contribution in [3.05, 3.63) is 77.4 Å². The maximum absolute atomic E-state index is 13.2. The summed E-state index contributed by atoms with van der Waals surface area (Å²) >= 11 is 0. The zero-order valence-corrected chi connectivity index (χ0v) is 18.3. The van der Waals surface area contributed by atoms with Gasteiger partial charge in [-0.1, -0.05) is 39.0 Å². The molecule has 1 aliphatic rings. The molecular formula is C26H22N2O4. The van der Waals surface area contributed by atoms with Gasteiger partial charge in [0.2, 0.25) is 5.89 Å². The number of amides is 2. The van der Waals surface area contributed by atoms with Crippen molar-refractivity contribution < 1.29 is 18.7 Å². The van der Waals surface area contributed by atoms with E-state index in [2.05, 4.69) is 25.8 Å². The van der Waals surface area contributed by atoms with Gasteiger partial charge in [0.15, 0.2) is 5.58 Å². The third-order valence-electron chi connectivity index (χ3n) is 5.71. The van der Waals surface area contributed by atoms with E-state index in [0.29, 0.717) is 39.6 Å². The Hall–Kier alpha value is -3.93. The number of ether oxygens (including phenoxy) is 1. The molecule has 3 aromatic carbocycles. The summed E-state index contributed by atoms with van der Waals surface area (Å²) in [5.74, 6) is 0.0802. The summed E-state index contributed by atoms with van der Waals surface area (Å²) in [6.45, 7) is 6.43. The predicted molar refractivity (Wildman–Crippen MR) is 122 cm³/mol. The lowest BCUT2D eigenvalue weighted by molar-refractivity contribution is 0.0925. The minimum Gasteiger partial charge on any atom is -0.495 e. The minimum absolute atomic E-state index is 0.00436. The number of carbonyl (C=O) groups excluding carboxylic acids is 2. The fourth-order valence-electron chi connectivity index (χ4n) is 3.92. The molecule has 1 aromatic heterocycles. The summed E-state index contributed by atoms with van der Waals surface area (Å²) < 4.78 is 11.3. The van der Waals surface area contributed by atoms with E-state index >= 15 is 0 Å². The average molecular weight is 426 g/mol. The molecule has 0 unspecified atom stereocenters. The largest absolute Gasteiger partial charge is 0.495 e. The molecule has 0 radical (unpaired) electrons. The first-order valence-electron chi connectivity index (χ1n) is 10.4. The van der Waals surface area contributed by atoms with E-state index < -0.39 is 5.91 Å². The third kappa shape index (κ3) is 3.07. The van der Waals surface area contributed by atoms with Crippen LogP contribution in [0.1, 0.15) is 47.1 Å². The summed E-state index contributed by atoms with van der Waals surface area (Å²) in [7, 11) is 1.51. The molecule has 6 nitrogen and oxygen atoms in total. The highest BCUT2D eigenvalue weighted by atomic mass is 16.5. The van der Waals surface area contributed by atoms with Crippen LogP contribution in [-0.4, -0.2) is 23.9 Å². The molecule has 0 atom stereocenters. The van der Waals surface area contributed by atoms with Crippen LogP contribution in [-0.2, 0) is 5.41 Å². The number of nitrogens with zero attached hydrogens (tertiary/aromatic N) is 2. The van der Waals surface area contributed by atoms with Gasteiger partial charge in [0.25, 0.3) is 11.8 Å². The van der Waals surface area contributed by atoms with E-state index in [4.69, 9.17) is 9.15 Å². The Balaban J connectivity index is 1.55. The van der Waals surface area contributed by atoms with Crippen molar-refractivity contribution in [2.75, 3.05) is 12.0 Å². The topological polar surface area (TPSA) is 72.6 Å². The monoisotopic (exact) mass is 426 g/mol. The van der Waals surface area contributed by atoms with E-state index in [-0.39, 0.29) is 11.3 Å². The maximum atomic E-state index is 13.2. The lowest BCUT2D eigenvalue weighted by atomic mass is 9.87. The summed E-state index contributed by atoms with van der Waals surface area (Å²) in [6, 6.07) is 18.0. The number of oxazole rings is 1. The number of rotatable bonds is 3. The van der Waals surface area contributed by atoms with Crippen molar-refractivity contribution >= 4 is 28.6 Å². The number of anilines is 1. The molecule has 0 aliphatic carbocycles. The minimum atomic E-state index is -0.400. The smallest absolute Gasteiger partial charge is 0.266 e. The SMILES string of the molecule is COc1ccccc1N1C(=O)c2ccc(-c3nc4cc(C(C)(C)C)ccc4o3)cc2C1=O. The van der Waals surface area contributed by atoms with Crippen molar-refractivity contribution in [2.45, 2.75) is 26.2 Å². The van der Waals surface area contributed by atoms with Crippen molar-refractivity contribution in [2.24, 2.45) is 0 Å². The lowest BCUT2D eigenvalue weighted by Gasteiger charge is -2.18. The number of fused-ring (bicyclic) bond motifs is 2. The number of carbonyl (C=O) groups is 2. The molecule has 0 fully saturated rings. The Kier molecular flexibility index (Phi) is 4.41. The average Bonchev–Trinajstić information content (AvgIpc) is 3.31. The van der Waals surface area contributed by atoms with E-state index in [1.165, 1.54) is 7.11 Å². The van der Waals surface area contributed by atoms with E-state index in [0.717, 1.165) is 16.0 Å². The number of hydrogen-bond donors (Lipinski definition) is 0. The van der Waals surface area contributed by atoms with Crippen LogP contribution in [0.3, 0.4) is 0 Å². The van der Waals surface area contributed by atoms with Gasteiger partial charge >= 0.3 is 0 Å². The number of para-hydroxylation sites is 2. The number of aromatic nitrogens is 1. The van der Waals surface area contributed by atoms with Gasteiger partial charge < -0.3 is 9.15 Å². The van der Waals surface area contributed by atoms with Crippen LogP contribution in [0.15, 0.2) is 65.1 Å². The zero-order chi connectivity index (χ0) is 22.6. The first kappa shape index (κ1) is 20.0. The maximum Gasteiger partial charge on any atom is 0.266 e. The van der Waals surface area contributed by atoms with Crippen LogP contribution in [0.2, 0.25) is 0 Å².